The molecule has 0 amide bonds. The van der Waals surface area contributed by atoms with Crippen molar-refractivity contribution in [2.75, 3.05) is 13.2 Å². The second-order valence-electron chi connectivity index (χ2n) is 5.03. The fraction of sp³-hybridized carbons (Fsp3) is 0.571. The first-order valence-corrected chi connectivity index (χ1v) is 7.39. The molecule has 0 spiro atoms. The number of aliphatic hydroxyl groups excluding tert-OH is 1. The van der Waals surface area contributed by atoms with E-state index >= 15 is 0 Å². The Morgan fingerprint density at radius 3 is 2.58 bits per heavy atom. The molecule has 0 aromatic heterocycles. The molecule has 0 atom stereocenters. The maximum Gasteiger partial charge on any atom is 0.138 e. The predicted molar refractivity (Wildman–Crippen MR) is 77.9 cm³/mol. The standard InChI is InChI=1S/C14H19Cl2NO2/c15-11-7-10(14(19)13(16)8-11)9-17(12-3-4-12)5-1-2-6-18/h7-8,12,18-19H,1-6,9H2. The van der Waals surface area contributed by atoms with E-state index < -0.39 is 0 Å². The van der Waals surface area contributed by atoms with Crippen molar-refractivity contribution in [3.05, 3.63) is 27.7 Å². The van der Waals surface area contributed by atoms with Crippen molar-refractivity contribution in [3.63, 3.8) is 0 Å². The largest absolute Gasteiger partial charge is 0.506 e. The molecule has 1 aromatic rings. The van der Waals surface area contributed by atoms with E-state index in [0.29, 0.717) is 22.6 Å². The highest BCUT2D eigenvalue weighted by Gasteiger charge is 2.29. The van der Waals surface area contributed by atoms with Crippen LogP contribution in [0.15, 0.2) is 12.1 Å². The molecule has 0 aliphatic heterocycles. The normalized spacial score (nSPS) is 15.2. The average Bonchev–Trinajstić information content (AvgIpc) is 3.18. The van der Waals surface area contributed by atoms with Gasteiger partial charge in [-0.2, -0.15) is 0 Å². The van der Waals surface area contributed by atoms with Gasteiger partial charge in [-0.3, -0.25) is 4.90 Å². The summed E-state index contributed by atoms with van der Waals surface area (Å²) in [6.07, 6.45) is 4.18. The molecule has 1 aliphatic rings. The molecule has 0 saturated heterocycles. The van der Waals surface area contributed by atoms with Gasteiger partial charge in [-0.25, -0.2) is 0 Å². The Morgan fingerprint density at radius 2 is 1.95 bits per heavy atom. The highest BCUT2D eigenvalue weighted by molar-refractivity contribution is 6.35. The molecular formula is C14H19Cl2NO2. The summed E-state index contributed by atoms with van der Waals surface area (Å²) in [7, 11) is 0. The average molecular weight is 304 g/mol. The van der Waals surface area contributed by atoms with E-state index in [9.17, 15) is 5.11 Å². The molecule has 0 bridgehead atoms. The third-order valence-corrected chi connectivity index (χ3v) is 3.90. The minimum absolute atomic E-state index is 0.124. The molecule has 106 valence electrons. The van der Waals surface area contributed by atoms with Crippen LogP contribution in [0.1, 0.15) is 31.2 Å². The van der Waals surface area contributed by atoms with Crippen LogP contribution in [0.5, 0.6) is 5.75 Å². The fourth-order valence-corrected chi connectivity index (χ4v) is 2.75. The SMILES string of the molecule is OCCCCN(Cc1cc(Cl)cc(Cl)c1O)C1CC1. The molecule has 2 N–H and O–H groups in total. The zero-order chi connectivity index (χ0) is 13.8. The lowest BCUT2D eigenvalue weighted by Crippen LogP contribution is -2.27. The number of unbranched alkanes of at least 4 members (excludes halogenated alkanes) is 1. The second-order valence-corrected chi connectivity index (χ2v) is 5.87. The monoisotopic (exact) mass is 303 g/mol. The number of nitrogens with zero attached hydrogens (tertiary/aromatic N) is 1. The van der Waals surface area contributed by atoms with Gasteiger partial charge in [0.2, 0.25) is 0 Å². The first-order chi connectivity index (χ1) is 9.11. The summed E-state index contributed by atoms with van der Waals surface area (Å²) in [5, 5.41) is 19.7. The van der Waals surface area contributed by atoms with Crippen LogP contribution in [0.3, 0.4) is 0 Å². The van der Waals surface area contributed by atoms with E-state index in [2.05, 4.69) is 4.90 Å². The van der Waals surface area contributed by atoms with Crippen molar-refractivity contribution in [2.45, 2.75) is 38.3 Å². The Labute approximate surface area is 123 Å². The van der Waals surface area contributed by atoms with Crippen molar-refractivity contribution >= 4 is 23.2 Å². The Balaban J connectivity index is 2.04. The molecule has 1 saturated carbocycles. The topological polar surface area (TPSA) is 43.7 Å². The van der Waals surface area contributed by atoms with Gasteiger partial charge in [0.05, 0.1) is 5.02 Å². The number of phenols is 1. The molecule has 0 unspecified atom stereocenters. The quantitative estimate of drug-likeness (QED) is 0.758. The van der Waals surface area contributed by atoms with Gasteiger partial charge in [0.1, 0.15) is 5.75 Å². The van der Waals surface area contributed by atoms with Crippen molar-refractivity contribution in [2.24, 2.45) is 0 Å². The lowest BCUT2D eigenvalue weighted by molar-refractivity contribution is 0.227. The van der Waals surface area contributed by atoms with Crippen LogP contribution in [-0.2, 0) is 6.54 Å². The van der Waals surface area contributed by atoms with E-state index in [1.165, 1.54) is 12.8 Å². The van der Waals surface area contributed by atoms with Crippen molar-refractivity contribution in [1.29, 1.82) is 0 Å². The molecule has 1 aromatic carbocycles. The Bertz CT molecular complexity index is 436. The van der Waals surface area contributed by atoms with Gasteiger partial charge in [-0.05, 0) is 44.4 Å². The van der Waals surface area contributed by atoms with Crippen molar-refractivity contribution < 1.29 is 10.2 Å². The molecule has 3 nitrogen and oxygen atoms in total. The second kappa shape index (κ2) is 6.80. The molecule has 5 heteroatoms. The number of aromatic hydroxyl groups is 1. The zero-order valence-corrected chi connectivity index (χ0v) is 12.3. The Morgan fingerprint density at radius 1 is 1.21 bits per heavy atom. The van der Waals surface area contributed by atoms with E-state index in [0.717, 1.165) is 24.9 Å². The van der Waals surface area contributed by atoms with Gasteiger partial charge >= 0.3 is 0 Å². The summed E-state index contributed by atoms with van der Waals surface area (Å²) < 4.78 is 0. The predicted octanol–water partition coefficient (Wildman–Crippen LogP) is 3.44. The molecule has 0 heterocycles. The van der Waals surface area contributed by atoms with E-state index in [1.54, 1.807) is 12.1 Å². The van der Waals surface area contributed by atoms with Crippen LogP contribution in [0.2, 0.25) is 10.0 Å². The third-order valence-electron chi connectivity index (χ3n) is 3.40. The number of hydrogen-bond acceptors (Lipinski definition) is 3. The summed E-state index contributed by atoms with van der Waals surface area (Å²) in [6, 6.07) is 3.91. The first-order valence-electron chi connectivity index (χ1n) is 6.63. The fourth-order valence-electron chi connectivity index (χ4n) is 2.22. The highest BCUT2D eigenvalue weighted by Crippen LogP contribution is 2.35. The first kappa shape index (κ1) is 14.9. The number of aliphatic hydroxyl groups is 1. The minimum atomic E-state index is 0.124. The van der Waals surface area contributed by atoms with E-state index in [4.69, 9.17) is 28.3 Å². The van der Waals surface area contributed by atoms with Crippen LogP contribution in [0, 0.1) is 0 Å². The van der Waals surface area contributed by atoms with Crippen LogP contribution in [-0.4, -0.2) is 34.3 Å². The van der Waals surface area contributed by atoms with Crippen LogP contribution in [0.25, 0.3) is 0 Å². The van der Waals surface area contributed by atoms with Crippen LogP contribution < -0.4 is 0 Å². The molecule has 2 rings (SSSR count). The zero-order valence-electron chi connectivity index (χ0n) is 10.8. The van der Waals surface area contributed by atoms with Crippen LogP contribution in [0.4, 0.5) is 0 Å². The van der Waals surface area contributed by atoms with Gasteiger partial charge in [0, 0.05) is 29.8 Å². The number of hydrogen-bond donors (Lipinski definition) is 2. The number of benzene rings is 1. The van der Waals surface area contributed by atoms with Gasteiger partial charge in [-0.1, -0.05) is 23.2 Å². The van der Waals surface area contributed by atoms with Crippen molar-refractivity contribution in [1.82, 2.24) is 4.90 Å². The maximum atomic E-state index is 9.99. The lowest BCUT2D eigenvalue weighted by Gasteiger charge is -2.22. The van der Waals surface area contributed by atoms with Gasteiger partial charge < -0.3 is 10.2 Å². The molecule has 1 aliphatic carbocycles. The molecule has 19 heavy (non-hydrogen) atoms. The Kier molecular flexibility index (Phi) is 5.34. The third kappa shape index (κ3) is 4.25. The lowest BCUT2D eigenvalue weighted by atomic mass is 10.1. The summed E-state index contributed by atoms with van der Waals surface area (Å²) in [5.74, 6) is 0.124. The minimum Gasteiger partial charge on any atom is -0.506 e. The van der Waals surface area contributed by atoms with E-state index in [1.807, 2.05) is 0 Å². The van der Waals surface area contributed by atoms with Crippen LogP contribution >= 0.6 is 23.2 Å². The van der Waals surface area contributed by atoms with Gasteiger partial charge in [0.15, 0.2) is 0 Å². The summed E-state index contributed by atoms with van der Waals surface area (Å²) >= 11 is 11.9. The van der Waals surface area contributed by atoms with E-state index in [-0.39, 0.29) is 12.4 Å². The summed E-state index contributed by atoms with van der Waals surface area (Å²) in [6.45, 7) is 1.81. The highest BCUT2D eigenvalue weighted by atomic mass is 35.5. The van der Waals surface area contributed by atoms with Crippen molar-refractivity contribution in [3.8, 4) is 5.75 Å². The molecule has 1 fully saturated rings. The Hall–Kier alpha value is -0.480. The van der Waals surface area contributed by atoms with Gasteiger partial charge in [0.25, 0.3) is 0 Å². The number of phenolic OH excluding ortho intramolecular Hbond substituents is 1. The molecular weight excluding hydrogens is 285 g/mol. The maximum absolute atomic E-state index is 9.99. The number of rotatable bonds is 7. The van der Waals surface area contributed by atoms with Gasteiger partial charge in [-0.15, -0.1) is 0 Å². The summed E-state index contributed by atoms with van der Waals surface area (Å²) in [4.78, 5) is 2.33. The number of halogens is 2. The molecule has 0 radical (unpaired) electrons. The summed E-state index contributed by atoms with van der Waals surface area (Å²) in [5.41, 5.74) is 0.772. The smallest absolute Gasteiger partial charge is 0.138 e.